The molecule has 1 atom stereocenters. The van der Waals surface area contributed by atoms with Gasteiger partial charge in [-0.1, -0.05) is 0 Å². The molecular weight excluding hydrogens is 552 g/mol. The van der Waals surface area contributed by atoms with Crippen LogP contribution in [0.4, 0.5) is 17.6 Å². The van der Waals surface area contributed by atoms with Crippen LogP contribution in [-0.4, -0.2) is 53.2 Å². The normalized spacial score (nSPS) is 21.4. The molecule has 3 aliphatic rings. The number of hydrogen-bond acceptors (Lipinski definition) is 6. The lowest BCUT2D eigenvalue weighted by molar-refractivity contribution is -0.155. The molecule has 3 heterocycles. The lowest BCUT2D eigenvalue weighted by Crippen LogP contribution is -2.53. The Labute approximate surface area is 227 Å². The minimum atomic E-state index is -4.71. The number of piperidine rings is 1. The smallest absolute Gasteiger partial charge is 0.433 e. The van der Waals surface area contributed by atoms with Gasteiger partial charge in [0, 0.05) is 19.3 Å². The van der Waals surface area contributed by atoms with Crippen molar-refractivity contribution in [3.05, 3.63) is 77.1 Å². The number of ether oxygens (including phenoxy) is 1. The molecule has 1 aromatic carbocycles. The molecule has 210 valence electrons. The molecule has 6 rings (SSSR count). The first kappa shape index (κ1) is 26.6. The highest BCUT2D eigenvalue weighted by atomic mass is 32.2. The summed E-state index contributed by atoms with van der Waals surface area (Å²) in [4.78, 5) is 16.6. The zero-order valence-electron chi connectivity index (χ0n) is 21.1. The van der Waals surface area contributed by atoms with Crippen LogP contribution in [0, 0.1) is 17.2 Å². The number of benzene rings is 1. The summed E-state index contributed by atoms with van der Waals surface area (Å²) >= 11 is 0. The molecule has 0 radical (unpaired) electrons. The van der Waals surface area contributed by atoms with Gasteiger partial charge in [0.2, 0.25) is 10.0 Å². The molecule has 3 aromatic rings. The molecule has 13 heteroatoms. The number of aromatic nitrogens is 3. The van der Waals surface area contributed by atoms with Gasteiger partial charge in [0.25, 0.3) is 0 Å². The van der Waals surface area contributed by atoms with Crippen molar-refractivity contribution in [2.45, 2.75) is 36.8 Å². The molecule has 1 saturated carbocycles. The predicted molar refractivity (Wildman–Crippen MR) is 134 cm³/mol. The van der Waals surface area contributed by atoms with Crippen molar-refractivity contribution >= 4 is 22.1 Å². The number of fused-ring (bicyclic) bond motifs is 2. The molecule has 40 heavy (non-hydrogen) atoms. The van der Waals surface area contributed by atoms with Gasteiger partial charge in [0.05, 0.1) is 24.2 Å². The summed E-state index contributed by atoms with van der Waals surface area (Å²) in [6.07, 6.45) is 1.62. The Morgan fingerprint density at radius 1 is 1.10 bits per heavy atom. The minimum Gasteiger partial charge on any atom is -0.465 e. The van der Waals surface area contributed by atoms with Gasteiger partial charge in [-0.25, -0.2) is 17.5 Å². The van der Waals surface area contributed by atoms with Crippen LogP contribution in [0.3, 0.4) is 0 Å². The van der Waals surface area contributed by atoms with Crippen molar-refractivity contribution in [3.63, 3.8) is 0 Å². The first-order valence-corrected chi connectivity index (χ1v) is 14.2. The number of nitrogens with zero attached hydrogens (tertiary/aromatic N) is 4. The SMILES string of the molecule is O=C(OCC1CC1)[C@]12Cc3cnn(-c4ccc(F)cc4)c3C=C1CCN(S(=O)(=O)c1ccc(C(F)(F)F)nc1)C2. The fraction of sp³-hybridized carbons (Fsp3) is 0.370. The first-order valence-electron chi connectivity index (χ1n) is 12.7. The Kier molecular flexibility index (Phi) is 6.33. The van der Waals surface area contributed by atoms with Gasteiger partial charge in [0.15, 0.2) is 0 Å². The molecule has 1 saturated heterocycles. The Morgan fingerprint density at radius 3 is 2.50 bits per heavy atom. The number of pyridine rings is 1. The fourth-order valence-electron chi connectivity index (χ4n) is 5.24. The second-order valence-corrected chi connectivity index (χ2v) is 12.3. The Morgan fingerprint density at radius 2 is 1.85 bits per heavy atom. The maximum Gasteiger partial charge on any atom is 0.433 e. The van der Waals surface area contributed by atoms with E-state index in [2.05, 4.69) is 10.1 Å². The van der Waals surface area contributed by atoms with Gasteiger partial charge in [-0.15, -0.1) is 0 Å². The van der Waals surface area contributed by atoms with E-state index in [1.807, 2.05) is 6.08 Å². The topological polar surface area (TPSA) is 94.4 Å². The number of sulfonamides is 1. The van der Waals surface area contributed by atoms with E-state index in [-0.39, 0.29) is 38.5 Å². The van der Waals surface area contributed by atoms with Gasteiger partial charge in [-0.3, -0.25) is 9.78 Å². The number of halogens is 4. The van der Waals surface area contributed by atoms with Gasteiger partial charge >= 0.3 is 12.1 Å². The summed E-state index contributed by atoms with van der Waals surface area (Å²) in [7, 11) is -4.27. The molecule has 1 aliphatic heterocycles. The van der Waals surface area contributed by atoms with Crippen LogP contribution in [0.5, 0.6) is 0 Å². The van der Waals surface area contributed by atoms with E-state index in [0.29, 0.717) is 34.8 Å². The van der Waals surface area contributed by atoms with Crippen molar-refractivity contribution in [2.75, 3.05) is 19.7 Å². The van der Waals surface area contributed by atoms with E-state index in [4.69, 9.17) is 4.74 Å². The van der Waals surface area contributed by atoms with E-state index in [0.717, 1.165) is 23.2 Å². The van der Waals surface area contributed by atoms with Crippen LogP contribution < -0.4 is 0 Å². The first-order chi connectivity index (χ1) is 19.0. The van der Waals surface area contributed by atoms with Gasteiger partial charge in [-0.2, -0.15) is 22.6 Å². The van der Waals surface area contributed by atoms with Crippen LogP contribution in [0.1, 0.15) is 36.2 Å². The van der Waals surface area contributed by atoms with Crippen LogP contribution in [0.15, 0.2) is 59.3 Å². The molecule has 2 aliphatic carbocycles. The van der Waals surface area contributed by atoms with Crippen molar-refractivity contribution in [1.82, 2.24) is 19.1 Å². The average molecular weight is 577 g/mol. The quantitative estimate of drug-likeness (QED) is 0.319. The maximum atomic E-state index is 13.7. The summed E-state index contributed by atoms with van der Waals surface area (Å²) < 4.78 is 87.9. The largest absolute Gasteiger partial charge is 0.465 e. The van der Waals surface area contributed by atoms with Gasteiger partial charge in [0.1, 0.15) is 21.8 Å². The van der Waals surface area contributed by atoms with E-state index in [9.17, 15) is 30.8 Å². The van der Waals surface area contributed by atoms with Crippen molar-refractivity contribution < 1.29 is 35.5 Å². The lowest BCUT2D eigenvalue weighted by atomic mass is 9.69. The monoisotopic (exact) mass is 576 g/mol. The third-order valence-corrected chi connectivity index (χ3v) is 9.48. The minimum absolute atomic E-state index is 0.00681. The van der Waals surface area contributed by atoms with E-state index >= 15 is 0 Å². The summed E-state index contributed by atoms with van der Waals surface area (Å²) in [5.41, 5.74) is 0.166. The van der Waals surface area contributed by atoms with Gasteiger partial charge < -0.3 is 4.74 Å². The highest BCUT2D eigenvalue weighted by Crippen LogP contribution is 2.46. The van der Waals surface area contributed by atoms with Crippen molar-refractivity contribution in [1.29, 1.82) is 0 Å². The standard InChI is InChI=1S/C27H24F4N4O4S/c28-20-3-5-21(6-4-20)35-23-11-19-9-10-34(40(37,38)22-7-8-24(32-14-22)27(29,30)31)16-26(19,12-18(23)13-33-35)25(36)39-15-17-1-2-17/h3-8,11,13-14,17H,1-2,9-10,12,15-16H2/t26-/m0/s1. The van der Waals surface area contributed by atoms with Gasteiger partial charge in [-0.05, 0) is 85.2 Å². The maximum absolute atomic E-state index is 13.7. The lowest BCUT2D eigenvalue weighted by Gasteiger charge is -2.44. The van der Waals surface area contributed by atoms with Crippen LogP contribution in [-0.2, 0) is 32.2 Å². The molecule has 0 spiro atoms. The van der Waals surface area contributed by atoms with E-state index in [1.54, 1.807) is 23.0 Å². The number of alkyl halides is 3. The predicted octanol–water partition coefficient (Wildman–Crippen LogP) is 4.40. The van der Waals surface area contributed by atoms with Crippen molar-refractivity contribution in [3.8, 4) is 5.69 Å². The molecular formula is C27H24F4N4O4S. The summed E-state index contributed by atoms with van der Waals surface area (Å²) in [6, 6.07) is 7.30. The number of carbonyl (C=O) groups is 1. The van der Waals surface area contributed by atoms with Crippen LogP contribution in [0.25, 0.3) is 11.8 Å². The zero-order valence-corrected chi connectivity index (χ0v) is 21.9. The average Bonchev–Trinajstić information content (AvgIpc) is 3.68. The molecule has 0 bridgehead atoms. The van der Waals surface area contributed by atoms with Crippen LogP contribution >= 0.6 is 0 Å². The number of hydrogen-bond donors (Lipinski definition) is 0. The summed E-state index contributed by atoms with van der Waals surface area (Å²) in [6.45, 7) is 0.00482. The van der Waals surface area contributed by atoms with Crippen LogP contribution in [0.2, 0.25) is 0 Å². The zero-order chi connectivity index (χ0) is 28.3. The van der Waals surface area contributed by atoms with Crippen molar-refractivity contribution in [2.24, 2.45) is 11.3 Å². The second-order valence-electron chi connectivity index (χ2n) is 10.4. The molecule has 0 N–H and O–H groups in total. The highest BCUT2D eigenvalue weighted by Gasteiger charge is 2.52. The molecule has 2 aromatic heterocycles. The van der Waals surface area contributed by atoms with E-state index < -0.39 is 44.0 Å². The molecule has 2 fully saturated rings. The Bertz CT molecular complexity index is 1600. The number of rotatable bonds is 6. The van der Waals surface area contributed by atoms with E-state index in [1.165, 1.54) is 12.1 Å². The summed E-state index contributed by atoms with van der Waals surface area (Å²) in [5, 5.41) is 4.44. The summed E-state index contributed by atoms with van der Waals surface area (Å²) in [5.74, 6) is -0.650. The Hall–Kier alpha value is -3.58. The number of carbonyl (C=O) groups excluding carboxylic acids is 1. The Balaban J connectivity index is 1.35. The molecule has 0 unspecified atom stereocenters. The molecule has 8 nitrogen and oxygen atoms in total. The number of esters is 1. The second kappa shape index (κ2) is 9.51. The fourth-order valence-corrected chi connectivity index (χ4v) is 6.69. The third kappa shape index (κ3) is 4.70. The highest BCUT2D eigenvalue weighted by molar-refractivity contribution is 7.89. The third-order valence-electron chi connectivity index (χ3n) is 7.65. The molecule has 0 amide bonds.